The van der Waals surface area contributed by atoms with Crippen LogP contribution in [-0.2, 0) is 10.0 Å². The Labute approximate surface area is 185 Å². The normalized spacial score (nSPS) is 25.4. The maximum atomic E-state index is 14.8. The van der Waals surface area contributed by atoms with Crippen molar-refractivity contribution in [3.05, 3.63) is 34.5 Å². The predicted octanol–water partition coefficient (Wildman–Crippen LogP) is 4.94. The van der Waals surface area contributed by atoms with E-state index in [2.05, 4.69) is 26.8 Å². The molecule has 1 aromatic carbocycles. The van der Waals surface area contributed by atoms with E-state index < -0.39 is 20.7 Å². The highest BCUT2D eigenvalue weighted by Crippen LogP contribution is 2.34. The van der Waals surface area contributed by atoms with Crippen molar-refractivity contribution in [2.24, 2.45) is 0 Å². The number of sulfonamides is 1. The van der Waals surface area contributed by atoms with Crippen molar-refractivity contribution in [2.75, 3.05) is 16.6 Å². The lowest BCUT2D eigenvalue weighted by Crippen LogP contribution is -2.50. The van der Waals surface area contributed by atoms with Gasteiger partial charge in [-0.3, -0.25) is 9.62 Å². The second-order valence-electron chi connectivity index (χ2n) is 8.04. The molecule has 2 fully saturated rings. The Balaban J connectivity index is 1.55. The maximum Gasteiger partial charge on any atom is 0.266 e. The average molecular weight is 473 g/mol. The Morgan fingerprint density at radius 3 is 2.73 bits per heavy atom. The monoisotopic (exact) mass is 472 g/mol. The lowest BCUT2D eigenvalue weighted by Gasteiger charge is -2.41. The van der Waals surface area contributed by atoms with E-state index in [0.717, 1.165) is 37.1 Å². The summed E-state index contributed by atoms with van der Waals surface area (Å²) in [6.45, 7) is 3.35. The number of thiazole rings is 1. The highest BCUT2D eigenvalue weighted by Gasteiger charge is 2.35. The van der Waals surface area contributed by atoms with Crippen molar-refractivity contribution in [3.63, 3.8) is 0 Å². The molecule has 3 atom stereocenters. The molecule has 1 saturated heterocycles. The molecule has 2 aromatic rings. The molecule has 1 saturated carbocycles. The number of anilines is 2. The van der Waals surface area contributed by atoms with E-state index in [9.17, 15) is 12.8 Å². The van der Waals surface area contributed by atoms with E-state index in [-0.39, 0.29) is 16.2 Å². The first-order valence-electron chi connectivity index (χ1n) is 10.3. The molecule has 2 N–H and O–H groups in total. The van der Waals surface area contributed by atoms with Gasteiger partial charge in [0.15, 0.2) is 5.13 Å². The zero-order chi connectivity index (χ0) is 21.3. The van der Waals surface area contributed by atoms with Gasteiger partial charge in [0.25, 0.3) is 10.0 Å². The maximum absolute atomic E-state index is 14.8. The quantitative estimate of drug-likeness (QED) is 0.622. The Morgan fingerprint density at radius 2 is 2.03 bits per heavy atom. The van der Waals surface area contributed by atoms with Crippen LogP contribution in [0.15, 0.2) is 28.6 Å². The van der Waals surface area contributed by atoms with Crippen LogP contribution in [0.1, 0.15) is 45.4 Å². The summed E-state index contributed by atoms with van der Waals surface area (Å²) in [5, 5.41) is 5.43. The molecule has 1 aliphatic carbocycles. The van der Waals surface area contributed by atoms with Gasteiger partial charge in [0.2, 0.25) is 0 Å². The highest BCUT2D eigenvalue weighted by molar-refractivity contribution is 7.93. The average Bonchev–Trinajstić information content (AvgIpc) is 3.36. The fourth-order valence-corrected chi connectivity index (χ4v) is 6.77. The summed E-state index contributed by atoms with van der Waals surface area (Å²) < 4.78 is 42.2. The summed E-state index contributed by atoms with van der Waals surface area (Å²) in [6.07, 6.45) is 8.27. The van der Waals surface area contributed by atoms with Crippen LogP contribution in [0.2, 0.25) is 5.02 Å². The minimum atomic E-state index is -4.11. The summed E-state index contributed by atoms with van der Waals surface area (Å²) in [5.74, 6) is -0.840. The van der Waals surface area contributed by atoms with E-state index in [0.29, 0.717) is 17.8 Å². The van der Waals surface area contributed by atoms with Crippen LogP contribution in [0.3, 0.4) is 0 Å². The molecule has 1 aromatic heterocycles. The highest BCUT2D eigenvalue weighted by atomic mass is 35.5. The van der Waals surface area contributed by atoms with Crippen molar-refractivity contribution in [3.8, 4) is 0 Å². The summed E-state index contributed by atoms with van der Waals surface area (Å²) in [4.78, 5) is 5.95. The zero-order valence-electron chi connectivity index (χ0n) is 16.8. The number of hydrogen-bond donors (Lipinski definition) is 2. The van der Waals surface area contributed by atoms with Crippen molar-refractivity contribution in [1.82, 2.24) is 9.88 Å². The summed E-state index contributed by atoms with van der Waals surface area (Å²) >= 11 is 7.52. The van der Waals surface area contributed by atoms with Crippen LogP contribution >= 0.6 is 22.9 Å². The molecule has 164 valence electrons. The van der Waals surface area contributed by atoms with E-state index in [1.54, 1.807) is 5.38 Å². The predicted molar refractivity (Wildman–Crippen MR) is 119 cm³/mol. The molecular weight excluding hydrogens is 447 g/mol. The van der Waals surface area contributed by atoms with Crippen molar-refractivity contribution >= 4 is 43.8 Å². The molecule has 2 aliphatic rings. The molecule has 6 nitrogen and oxygen atoms in total. The summed E-state index contributed by atoms with van der Waals surface area (Å²) in [6, 6.07) is 3.45. The SMILES string of the molecule is CC1CCCN1[C@H]1CCCC[C@@H]1Nc1cc(F)c(S(=O)(=O)Nc2nccs2)cc1Cl. The lowest BCUT2D eigenvalue weighted by molar-refractivity contribution is 0.139. The first-order chi connectivity index (χ1) is 14.3. The van der Waals surface area contributed by atoms with Crippen LogP contribution in [0.5, 0.6) is 0 Å². The first-order valence-corrected chi connectivity index (χ1v) is 13.0. The third-order valence-corrected chi connectivity index (χ3v) is 8.55. The van der Waals surface area contributed by atoms with Gasteiger partial charge in [-0.25, -0.2) is 17.8 Å². The largest absolute Gasteiger partial charge is 0.379 e. The van der Waals surface area contributed by atoms with E-state index in [1.807, 2.05) is 0 Å². The molecule has 2 heterocycles. The number of rotatable bonds is 6. The standard InChI is InChI=1S/C20H26ClFN4O2S2/c1-13-5-4-9-26(13)18-7-3-2-6-16(18)24-17-12-15(22)19(11-14(17)21)30(27,28)25-20-23-8-10-29-20/h8,10-13,16,18,24H,2-7,9H2,1H3,(H,23,25)/t13?,16-,18-/m0/s1. The van der Waals surface area contributed by atoms with Crippen molar-refractivity contribution in [1.29, 1.82) is 0 Å². The molecule has 0 bridgehead atoms. The van der Waals surface area contributed by atoms with Crippen LogP contribution in [-0.4, -0.2) is 43.0 Å². The molecule has 4 rings (SSSR count). The molecular formula is C20H26ClFN4O2S2. The number of likely N-dealkylation sites (tertiary alicyclic amines) is 1. The second kappa shape index (κ2) is 8.98. The third kappa shape index (κ3) is 4.59. The fourth-order valence-electron chi connectivity index (χ4n) is 4.61. The van der Waals surface area contributed by atoms with E-state index >= 15 is 0 Å². The molecule has 1 unspecified atom stereocenters. The molecule has 0 spiro atoms. The van der Waals surface area contributed by atoms with Gasteiger partial charge in [-0.1, -0.05) is 24.4 Å². The Hall–Kier alpha value is -1.42. The van der Waals surface area contributed by atoms with Gasteiger partial charge in [-0.2, -0.15) is 0 Å². The minimum Gasteiger partial charge on any atom is -0.379 e. The first kappa shape index (κ1) is 21.8. The number of halogens is 2. The fraction of sp³-hybridized carbons (Fsp3) is 0.550. The number of nitrogens with zero attached hydrogens (tertiary/aromatic N) is 2. The molecule has 30 heavy (non-hydrogen) atoms. The van der Waals surface area contributed by atoms with Crippen LogP contribution in [0.4, 0.5) is 15.2 Å². The Bertz CT molecular complexity index is 987. The third-order valence-electron chi connectivity index (χ3n) is 6.07. The second-order valence-corrected chi connectivity index (χ2v) is 11.0. The van der Waals surface area contributed by atoms with E-state index in [1.165, 1.54) is 37.6 Å². The summed E-state index contributed by atoms with van der Waals surface area (Å²) in [7, 11) is -4.11. The zero-order valence-corrected chi connectivity index (χ0v) is 19.2. The number of aromatic nitrogens is 1. The van der Waals surface area contributed by atoms with Gasteiger partial charge >= 0.3 is 0 Å². The minimum absolute atomic E-state index is 0.159. The van der Waals surface area contributed by atoms with Gasteiger partial charge in [0, 0.05) is 29.7 Å². The van der Waals surface area contributed by atoms with Crippen molar-refractivity contribution in [2.45, 2.75) is 68.5 Å². The van der Waals surface area contributed by atoms with Gasteiger partial charge in [-0.15, -0.1) is 11.3 Å². The number of benzene rings is 1. The van der Waals surface area contributed by atoms with Crippen LogP contribution < -0.4 is 10.0 Å². The molecule has 0 amide bonds. The lowest BCUT2D eigenvalue weighted by atomic mass is 9.88. The number of nitrogens with one attached hydrogen (secondary N) is 2. The van der Waals surface area contributed by atoms with Gasteiger partial charge in [0.1, 0.15) is 10.7 Å². The molecule has 10 heteroatoms. The van der Waals surface area contributed by atoms with Crippen LogP contribution in [0, 0.1) is 5.82 Å². The topological polar surface area (TPSA) is 74.3 Å². The Morgan fingerprint density at radius 1 is 1.23 bits per heavy atom. The Kier molecular flexibility index (Phi) is 6.53. The number of hydrogen-bond acceptors (Lipinski definition) is 6. The van der Waals surface area contributed by atoms with Crippen molar-refractivity contribution < 1.29 is 12.8 Å². The summed E-state index contributed by atoms with van der Waals surface area (Å²) in [5.41, 5.74) is 0.436. The van der Waals surface area contributed by atoms with Gasteiger partial charge < -0.3 is 5.32 Å². The van der Waals surface area contributed by atoms with E-state index in [4.69, 9.17) is 11.6 Å². The van der Waals surface area contributed by atoms with Crippen LogP contribution in [0.25, 0.3) is 0 Å². The molecule has 1 aliphatic heterocycles. The van der Waals surface area contributed by atoms with Gasteiger partial charge in [0.05, 0.1) is 10.7 Å². The van der Waals surface area contributed by atoms with Gasteiger partial charge in [-0.05, 0) is 51.3 Å². The molecule has 0 radical (unpaired) electrons. The smallest absolute Gasteiger partial charge is 0.266 e.